The highest BCUT2D eigenvalue weighted by molar-refractivity contribution is 5.59. The van der Waals surface area contributed by atoms with Crippen LogP contribution in [0.1, 0.15) is 5.56 Å². The number of benzene rings is 1. The van der Waals surface area contributed by atoms with Crippen LogP contribution in [0.2, 0.25) is 0 Å². The first kappa shape index (κ1) is 9.93. The van der Waals surface area contributed by atoms with E-state index in [0.29, 0.717) is 0 Å². The maximum absolute atomic E-state index is 4.28. The Hall–Kier alpha value is -1.61. The summed E-state index contributed by atoms with van der Waals surface area (Å²) >= 11 is 0. The Morgan fingerprint density at radius 1 is 1.27 bits per heavy atom. The van der Waals surface area contributed by atoms with Crippen LogP contribution in [0, 0.1) is 0 Å². The Bertz CT molecular complexity index is 418. The highest BCUT2D eigenvalue weighted by atomic mass is 15.0. The van der Waals surface area contributed by atoms with E-state index in [1.54, 1.807) is 6.20 Å². The fourth-order valence-electron chi connectivity index (χ4n) is 1.64. The number of aromatic nitrogens is 2. The van der Waals surface area contributed by atoms with Crippen molar-refractivity contribution in [3.63, 3.8) is 0 Å². The van der Waals surface area contributed by atoms with Crippen LogP contribution in [-0.2, 0) is 6.54 Å². The zero-order valence-corrected chi connectivity index (χ0v) is 9.07. The molecule has 0 fully saturated rings. The molecule has 1 N–H and O–H groups in total. The van der Waals surface area contributed by atoms with Gasteiger partial charge in [0.2, 0.25) is 0 Å². The third kappa shape index (κ3) is 2.25. The van der Waals surface area contributed by atoms with E-state index in [1.807, 2.05) is 12.3 Å². The van der Waals surface area contributed by atoms with Crippen molar-refractivity contribution in [3.05, 3.63) is 42.2 Å². The molecule has 0 aliphatic carbocycles. The van der Waals surface area contributed by atoms with E-state index in [1.165, 1.54) is 11.1 Å². The summed E-state index contributed by atoms with van der Waals surface area (Å²) in [5.41, 5.74) is 2.47. The lowest BCUT2D eigenvalue weighted by Gasteiger charge is -2.12. The van der Waals surface area contributed by atoms with Gasteiger partial charge in [-0.25, -0.2) is 4.98 Å². The highest BCUT2D eigenvalue weighted by Crippen LogP contribution is 2.20. The molecule has 15 heavy (non-hydrogen) atoms. The molecule has 2 aromatic rings. The normalized spacial score (nSPS) is 10.9. The first-order chi connectivity index (χ1) is 7.27. The summed E-state index contributed by atoms with van der Waals surface area (Å²) in [5, 5.41) is 0. The quantitative estimate of drug-likeness (QED) is 0.825. The Morgan fingerprint density at radius 3 is 2.73 bits per heavy atom. The molecule has 78 valence electrons. The average Bonchev–Trinajstić information content (AvgIpc) is 2.70. The fourth-order valence-corrected chi connectivity index (χ4v) is 1.64. The van der Waals surface area contributed by atoms with E-state index < -0.39 is 0 Å². The minimum absolute atomic E-state index is 0.927. The van der Waals surface area contributed by atoms with Crippen LogP contribution in [0.3, 0.4) is 0 Å². The number of hydrogen-bond acceptors (Lipinski definition) is 2. The van der Waals surface area contributed by atoms with E-state index in [4.69, 9.17) is 0 Å². The first-order valence-corrected chi connectivity index (χ1v) is 5.00. The number of aromatic amines is 1. The van der Waals surface area contributed by atoms with Gasteiger partial charge in [-0.15, -0.1) is 0 Å². The summed E-state index contributed by atoms with van der Waals surface area (Å²) in [6.07, 6.45) is 3.63. The van der Waals surface area contributed by atoms with E-state index in [2.05, 4.69) is 47.2 Å². The second-order valence-corrected chi connectivity index (χ2v) is 3.83. The molecule has 0 spiro atoms. The third-order valence-corrected chi connectivity index (χ3v) is 2.26. The predicted octanol–water partition coefficient (Wildman–Crippen LogP) is 2.14. The molecule has 0 saturated heterocycles. The molecule has 3 heteroatoms. The molecule has 0 bridgehead atoms. The van der Waals surface area contributed by atoms with E-state index in [-0.39, 0.29) is 0 Å². The van der Waals surface area contributed by atoms with E-state index >= 15 is 0 Å². The molecule has 0 amide bonds. The molecule has 1 heterocycles. The number of H-pyrrole nitrogens is 1. The summed E-state index contributed by atoms with van der Waals surface area (Å²) in [6, 6.07) is 8.33. The number of nitrogens with zero attached hydrogens (tertiary/aromatic N) is 2. The predicted molar refractivity (Wildman–Crippen MR) is 61.4 cm³/mol. The summed E-state index contributed by atoms with van der Waals surface area (Å²) < 4.78 is 0. The van der Waals surface area contributed by atoms with E-state index in [0.717, 1.165) is 12.4 Å². The molecule has 0 unspecified atom stereocenters. The molecular formula is C12H15N3. The van der Waals surface area contributed by atoms with Gasteiger partial charge in [-0.2, -0.15) is 0 Å². The molecule has 0 radical (unpaired) electrons. The van der Waals surface area contributed by atoms with Crippen molar-refractivity contribution >= 4 is 0 Å². The minimum Gasteiger partial charge on any atom is -0.345 e. The Kier molecular flexibility index (Phi) is 2.83. The van der Waals surface area contributed by atoms with Crippen molar-refractivity contribution in [2.24, 2.45) is 0 Å². The van der Waals surface area contributed by atoms with Gasteiger partial charge in [0.15, 0.2) is 0 Å². The van der Waals surface area contributed by atoms with Crippen LogP contribution in [0.15, 0.2) is 36.7 Å². The fraction of sp³-hybridized carbons (Fsp3) is 0.250. The van der Waals surface area contributed by atoms with Crippen molar-refractivity contribution in [1.82, 2.24) is 14.9 Å². The highest BCUT2D eigenvalue weighted by Gasteiger charge is 2.06. The molecule has 1 aromatic carbocycles. The number of rotatable bonds is 3. The van der Waals surface area contributed by atoms with Crippen LogP contribution in [0.25, 0.3) is 11.4 Å². The Morgan fingerprint density at radius 2 is 2.07 bits per heavy atom. The second-order valence-electron chi connectivity index (χ2n) is 3.83. The van der Waals surface area contributed by atoms with Gasteiger partial charge >= 0.3 is 0 Å². The first-order valence-electron chi connectivity index (χ1n) is 5.00. The largest absolute Gasteiger partial charge is 0.345 e. The minimum atomic E-state index is 0.927. The van der Waals surface area contributed by atoms with Crippen molar-refractivity contribution in [2.45, 2.75) is 6.54 Å². The van der Waals surface area contributed by atoms with Crippen molar-refractivity contribution in [3.8, 4) is 11.4 Å². The SMILES string of the molecule is CN(C)Cc1ccccc1-c1ncc[nH]1. The zero-order valence-electron chi connectivity index (χ0n) is 9.07. The van der Waals surface area contributed by atoms with Gasteiger partial charge in [0, 0.05) is 24.5 Å². The monoisotopic (exact) mass is 201 g/mol. The second kappa shape index (κ2) is 4.28. The Balaban J connectivity index is 2.38. The van der Waals surface area contributed by atoms with Gasteiger partial charge in [-0.05, 0) is 19.7 Å². The number of imidazole rings is 1. The van der Waals surface area contributed by atoms with Crippen molar-refractivity contribution in [1.29, 1.82) is 0 Å². The average molecular weight is 201 g/mol. The number of hydrogen-bond donors (Lipinski definition) is 1. The zero-order chi connectivity index (χ0) is 10.7. The summed E-state index contributed by atoms with van der Waals surface area (Å²) in [7, 11) is 4.14. The van der Waals surface area contributed by atoms with Gasteiger partial charge in [0.05, 0.1) is 0 Å². The van der Waals surface area contributed by atoms with Crippen molar-refractivity contribution < 1.29 is 0 Å². The van der Waals surface area contributed by atoms with Gasteiger partial charge in [0.25, 0.3) is 0 Å². The topological polar surface area (TPSA) is 31.9 Å². The summed E-state index contributed by atoms with van der Waals surface area (Å²) in [5.74, 6) is 0.937. The molecule has 3 nitrogen and oxygen atoms in total. The van der Waals surface area contributed by atoms with Gasteiger partial charge < -0.3 is 9.88 Å². The number of nitrogens with one attached hydrogen (secondary N) is 1. The van der Waals surface area contributed by atoms with Gasteiger partial charge in [-0.3, -0.25) is 0 Å². The van der Waals surface area contributed by atoms with Gasteiger partial charge in [0.1, 0.15) is 5.82 Å². The lowest BCUT2D eigenvalue weighted by Crippen LogP contribution is -2.11. The lowest BCUT2D eigenvalue weighted by atomic mass is 10.1. The smallest absolute Gasteiger partial charge is 0.137 e. The molecule has 0 aliphatic heterocycles. The lowest BCUT2D eigenvalue weighted by molar-refractivity contribution is 0.403. The van der Waals surface area contributed by atoms with Crippen LogP contribution in [-0.4, -0.2) is 29.0 Å². The maximum Gasteiger partial charge on any atom is 0.137 e. The molecule has 2 rings (SSSR count). The molecular weight excluding hydrogens is 186 g/mol. The molecule has 0 saturated carbocycles. The van der Waals surface area contributed by atoms with Crippen LogP contribution in [0.4, 0.5) is 0 Å². The molecule has 1 aromatic heterocycles. The van der Waals surface area contributed by atoms with Crippen LogP contribution < -0.4 is 0 Å². The van der Waals surface area contributed by atoms with Crippen LogP contribution in [0.5, 0.6) is 0 Å². The van der Waals surface area contributed by atoms with Crippen LogP contribution >= 0.6 is 0 Å². The molecule has 0 aliphatic rings. The van der Waals surface area contributed by atoms with Crippen molar-refractivity contribution in [2.75, 3.05) is 14.1 Å². The summed E-state index contributed by atoms with van der Waals surface area (Å²) in [6.45, 7) is 0.927. The third-order valence-electron chi connectivity index (χ3n) is 2.26. The maximum atomic E-state index is 4.28. The van der Waals surface area contributed by atoms with Gasteiger partial charge in [-0.1, -0.05) is 24.3 Å². The summed E-state index contributed by atoms with van der Waals surface area (Å²) in [4.78, 5) is 9.57. The molecule has 0 atom stereocenters. The van der Waals surface area contributed by atoms with E-state index in [9.17, 15) is 0 Å². The standard InChI is InChI=1S/C12H15N3/c1-15(2)9-10-5-3-4-6-11(10)12-13-7-8-14-12/h3-8H,9H2,1-2H3,(H,13,14). The Labute approximate surface area is 89.8 Å².